The minimum absolute atomic E-state index is 0. The van der Waals surface area contributed by atoms with Crippen LogP contribution in [0.15, 0.2) is 0 Å². The van der Waals surface area contributed by atoms with Crippen LogP contribution in [0.5, 0.6) is 0 Å². The topological polar surface area (TPSA) is 17.1 Å². The fourth-order valence-corrected chi connectivity index (χ4v) is 2.95. The van der Waals surface area contributed by atoms with Crippen LogP contribution in [0.4, 0.5) is 0 Å². The van der Waals surface area contributed by atoms with E-state index in [-0.39, 0.29) is 25.9 Å². The largest absolute Gasteiger partial charge is 2.00 e. The molecule has 0 heterocycles. The third-order valence-corrected chi connectivity index (χ3v) is 4.43. The van der Waals surface area contributed by atoms with Crippen molar-refractivity contribution in [2.75, 3.05) is 0 Å². The first-order chi connectivity index (χ1) is 10.4. The van der Waals surface area contributed by atoms with Crippen LogP contribution in [0.1, 0.15) is 125 Å². The van der Waals surface area contributed by atoms with Crippen molar-refractivity contribution in [3.8, 4) is 0 Å². The van der Waals surface area contributed by atoms with Gasteiger partial charge in [0.25, 0.3) is 0 Å². The van der Waals surface area contributed by atoms with E-state index in [2.05, 4.69) is 6.92 Å². The molecule has 0 amide bonds. The van der Waals surface area contributed by atoms with Gasteiger partial charge in [-0.1, -0.05) is 110 Å². The second kappa shape index (κ2) is 23.7. The van der Waals surface area contributed by atoms with Crippen molar-refractivity contribution in [1.29, 1.82) is 0 Å². The van der Waals surface area contributed by atoms with E-state index >= 15 is 0 Å². The van der Waals surface area contributed by atoms with Gasteiger partial charge in [-0.15, -0.1) is 0 Å². The maximum Gasteiger partial charge on any atom is 2.00 e. The molecule has 2 heteroatoms. The maximum absolute atomic E-state index is 10.2. The van der Waals surface area contributed by atoms with Gasteiger partial charge in [-0.2, -0.15) is 0 Å². The predicted octanol–water partition coefficient (Wildman–Crippen LogP) is 7.07. The molecule has 0 bridgehead atoms. The fourth-order valence-electron chi connectivity index (χ4n) is 2.95. The number of unbranched alkanes of at least 4 members (excludes halogenated alkanes) is 17. The first-order valence-corrected chi connectivity index (χ1v) is 9.85. The molecule has 0 aliphatic rings. The summed E-state index contributed by atoms with van der Waals surface area (Å²) in [5.74, 6) is 0. The van der Waals surface area contributed by atoms with Crippen LogP contribution < -0.4 is 0 Å². The molecule has 0 rings (SSSR count). The van der Waals surface area contributed by atoms with Crippen LogP contribution in [0.2, 0.25) is 0 Å². The molecular formula is C20H42MgO. The van der Waals surface area contributed by atoms with Crippen molar-refractivity contribution in [2.24, 2.45) is 0 Å². The summed E-state index contributed by atoms with van der Waals surface area (Å²) >= 11 is 0. The number of hydrogen-bond donors (Lipinski definition) is 0. The van der Waals surface area contributed by atoms with E-state index in [0.717, 1.165) is 19.1 Å². The van der Waals surface area contributed by atoms with Gasteiger partial charge in [0, 0.05) is 6.42 Å². The van der Waals surface area contributed by atoms with Crippen molar-refractivity contribution in [2.45, 2.75) is 122 Å². The Morgan fingerprint density at radius 3 is 1.09 bits per heavy atom. The first-order valence-electron chi connectivity index (χ1n) is 9.85. The normalized spacial score (nSPS) is 10.4. The number of rotatable bonds is 18. The number of carbonyl (C=O) groups excluding carboxylic acids is 1. The van der Waals surface area contributed by atoms with E-state index < -0.39 is 0 Å². The summed E-state index contributed by atoms with van der Waals surface area (Å²) in [4.78, 5) is 10.2. The van der Waals surface area contributed by atoms with Crippen molar-refractivity contribution in [3.63, 3.8) is 0 Å². The van der Waals surface area contributed by atoms with Crippen LogP contribution in [-0.4, -0.2) is 29.3 Å². The molecule has 1 nitrogen and oxygen atoms in total. The molecule has 0 unspecified atom stereocenters. The molecule has 0 fully saturated rings. The number of aldehydes is 1. The van der Waals surface area contributed by atoms with Crippen LogP contribution in [0.25, 0.3) is 0 Å². The maximum atomic E-state index is 10.2. The Morgan fingerprint density at radius 2 is 0.818 bits per heavy atom. The van der Waals surface area contributed by atoms with Crippen molar-refractivity contribution in [3.05, 3.63) is 0 Å². The van der Waals surface area contributed by atoms with Gasteiger partial charge in [0.2, 0.25) is 0 Å². The average Bonchev–Trinajstić information content (AvgIpc) is 2.50. The zero-order valence-corrected chi connectivity index (χ0v) is 16.8. The van der Waals surface area contributed by atoms with Crippen molar-refractivity contribution < 1.29 is 7.65 Å². The quantitative estimate of drug-likeness (QED) is 0.150. The standard InChI is InChI=1S/C20H40O.Mg.2H/c1-2-3-4-5-6-7-8-9-10-11-12-13-14-15-16-17-18-19-20-21;;;/h20H,2-19H2,1H3;;;/q;+2;2*-1. The molecule has 0 saturated heterocycles. The smallest absolute Gasteiger partial charge is 1.00 e. The molecule has 0 aliphatic carbocycles. The molecule has 0 radical (unpaired) electrons. The molecule has 0 aromatic heterocycles. The van der Waals surface area contributed by atoms with Crippen LogP contribution >= 0.6 is 0 Å². The number of carbonyl (C=O) groups is 1. The van der Waals surface area contributed by atoms with Gasteiger partial charge in [-0.05, 0) is 6.42 Å². The summed E-state index contributed by atoms with van der Waals surface area (Å²) in [6.45, 7) is 2.29. The number of hydrogen-bond acceptors (Lipinski definition) is 1. The Hall–Kier alpha value is 0.436. The summed E-state index contributed by atoms with van der Waals surface area (Å²) in [5.41, 5.74) is 0. The summed E-state index contributed by atoms with van der Waals surface area (Å²) in [5, 5.41) is 0. The van der Waals surface area contributed by atoms with E-state index in [1.54, 1.807) is 0 Å². The van der Waals surface area contributed by atoms with E-state index in [9.17, 15) is 4.79 Å². The van der Waals surface area contributed by atoms with Gasteiger partial charge in [-0.25, -0.2) is 0 Å². The third kappa shape index (κ3) is 22.7. The van der Waals surface area contributed by atoms with E-state index in [4.69, 9.17) is 0 Å². The minimum Gasteiger partial charge on any atom is -1.00 e. The van der Waals surface area contributed by atoms with E-state index in [0.29, 0.717) is 0 Å². The average molecular weight is 323 g/mol. The Balaban J connectivity index is -0.000000667. The zero-order chi connectivity index (χ0) is 15.4. The summed E-state index contributed by atoms with van der Waals surface area (Å²) in [6, 6.07) is 0. The van der Waals surface area contributed by atoms with Crippen LogP contribution in [0.3, 0.4) is 0 Å². The molecule has 0 N–H and O–H groups in total. The fraction of sp³-hybridized carbons (Fsp3) is 0.950. The molecule has 22 heavy (non-hydrogen) atoms. The third-order valence-electron chi connectivity index (χ3n) is 4.43. The second-order valence-electron chi connectivity index (χ2n) is 6.61. The van der Waals surface area contributed by atoms with Gasteiger partial charge in [-0.3, -0.25) is 0 Å². The van der Waals surface area contributed by atoms with Crippen molar-refractivity contribution in [1.82, 2.24) is 0 Å². The summed E-state index contributed by atoms with van der Waals surface area (Å²) < 4.78 is 0. The molecule has 0 atom stereocenters. The Morgan fingerprint density at radius 1 is 0.545 bits per heavy atom. The molecule has 0 saturated carbocycles. The molecule has 0 aliphatic heterocycles. The molecule has 0 spiro atoms. The van der Waals surface area contributed by atoms with Gasteiger partial charge in [0.05, 0.1) is 0 Å². The monoisotopic (exact) mass is 322 g/mol. The molecule has 0 aromatic carbocycles. The second-order valence-corrected chi connectivity index (χ2v) is 6.61. The predicted molar refractivity (Wildman–Crippen MR) is 103 cm³/mol. The first kappa shape index (κ1) is 24.7. The van der Waals surface area contributed by atoms with Crippen LogP contribution in [-0.2, 0) is 4.79 Å². The molecule has 130 valence electrons. The summed E-state index contributed by atoms with van der Waals surface area (Å²) in [6.07, 6.45) is 25.5. The zero-order valence-electron chi connectivity index (χ0n) is 17.4. The van der Waals surface area contributed by atoms with Gasteiger partial charge >= 0.3 is 23.1 Å². The van der Waals surface area contributed by atoms with Crippen LogP contribution in [0, 0.1) is 0 Å². The SMILES string of the molecule is CCCCCCCCCCCCCCCCCCCC=O.[H-].[H-].[Mg+2]. The van der Waals surface area contributed by atoms with Gasteiger partial charge < -0.3 is 7.65 Å². The Kier molecular flexibility index (Phi) is 26.6. The Labute approximate surface area is 159 Å². The van der Waals surface area contributed by atoms with Gasteiger partial charge in [0.1, 0.15) is 6.29 Å². The Bertz CT molecular complexity index is 204. The van der Waals surface area contributed by atoms with E-state index in [1.165, 1.54) is 103 Å². The van der Waals surface area contributed by atoms with Crippen molar-refractivity contribution >= 4 is 29.3 Å². The minimum atomic E-state index is 0. The van der Waals surface area contributed by atoms with Gasteiger partial charge in [0.15, 0.2) is 0 Å². The van der Waals surface area contributed by atoms with E-state index in [1.807, 2.05) is 0 Å². The summed E-state index contributed by atoms with van der Waals surface area (Å²) in [7, 11) is 0. The molecule has 0 aromatic rings. The molecular weight excluding hydrogens is 281 g/mol.